The number of fused-ring (bicyclic) bond motifs is 2. The summed E-state index contributed by atoms with van der Waals surface area (Å²) in [6.45, 7) is 7.99. The number of piperazine rings is 1. The molecule has 3 amide bonds. The molecule has 0 saturated carbocycles. The van der Waals surface area contributed by atoms with E-state index in [2.05, 4.69) is 45.7 Å². The Morgan fingerprint density at radius 3 is 2.30 bits per heavy atom. The second kappa shape index (κ2) is 20.4. The van der Waals surface area contributed by atoms with Crippen LogP contribution in [0.25, 0.3) is 21.8 Å². The third kappa shape index (κ3) is 10.8. The van der Waals surface area contributed by atoms with Crippen molar-refractivity contribution < 1.29 is 27.6 Å². The van der Waals surface area contributed by atoms with E-state index in [1.807, 2.05) is 43.5 Å². The highest BCUT2D eigenvalue weighted by atomic mass is 19.4. The lowest BCUT2D eigenvalue weighted by atomic mass is 9.88. The van der Waals surface area contributed by atoms with E-state index in [0.29, 0.717) is 75.4 Å². The average molecular weight is 940 g/mol. The minimum Gasteiger partial charge on any atom is -0.368 e. The number of nitrogens with zero attached hydrogens (tertiary/aromatic N) is 8. The Labute approximate surface area is 395 Å². The van der Waals surface area contributed by atoms with Crippen LogP contribution in [0.4, 0.5) is 18.9 Å². The van der Waals surface area contributed by atoms with Gasteiger partial charge in [-0.15, -0.1) is 5.10 Å². The number of H-pyrrole nitrogens is 1. The third-order valence-corrected chi connectivity index (χ3v) is 13.1. The molecule has 2 saturated heterocycles. The van der Waals surface area contributed by atoms with Crippen LogP contribution in [0.15, 0.2) is 108 Å². The summed E-state index contributed by atoms with van der Waals surface area (Å²) < 4.78 is 42.6. The smallest absolute Gasteiger partial charge is 0.368 e. The minimum atomic E-state index is -4.52. The van der Waals surface area contributed by atoms with Gasteiger partial charge in [0.25, 0.3) is 23.3 Å². The normalized spacial score (nSPS) is 14.9. The van der Waals surface area contributed by atoms with Crippen LogP contribution < -0.4 is 21.1 Å². The maximum atomic E-state index is 13.6. The number of carbonyl (C=O) groups is 3. The number of alkyl halides is 3. The lowest BCUT2D eigenvalue weighted by Crippen LogP contribution is -2.46. The molecule has 3 N–H and O–H groups in total. The number of aromatic amines is 1. The van der Waals surface area contributed by atoms with Gasteiger partial charge in [-0.1, -0.05) is 48.5 Å². The first-order valence-corrected chi connectivity index (χ1v) is 23.3. The van der Waals surface area contributed by atoms with E-state index >= 15 is 0 Å². The fourth-order valence-corrected chi connectivity index (χ4v) is 9.23. The Hall–Kier alpha value is -7.47. The number of aromatic nitrogens is 6. The highest BCUT2D eigenvalue weighted by molar-refractivity contribution is 6.08. The molecule has 2 aliphatic rings. The number of aryl methyl sites for hydroxylation is 1. The quantitative estimate of drug-likeness (QED) is 0.111. The SMILES string of the molecule is CCc1cc2ncc(CN3CCN(c4ccc(C(=O)NCCn5cc(CCNC(=O)c6ccc(C7CCN(C(=O)c8cccc9c(C(F)(F)F)cccc89)CC7)cc6)nn5)nc4)CC3)cc2[nH]c1=O. The topological polar surface area (TPSA) is 174 Å². The summed E-state index contributed by atoms with van der Waals surface area (Å²) in [6, 6.07) is 23.4. The number of amides is 3. The number of nitrogens with one attached hydrogen (secondary N) is 3. The van der Waals surface area contributed by atoms with Gasteiger partial charge in [-0.3, -0.25) is 33.7 Å². The zero-order chi connectivity index (χ0) is 48.1. The molecule has 0 atom stereocenters. The molecule has 6 heterocycles. The van der Waals surface area contributed by atoms with Gasteiger partial charge in [0.2, 0.25) is 0 Å². The highest BCUT2D eigenvalue weighted by Crippen LogP contribution is 2.36. The fraction of sp³-hybridized carbons (Fsp3) is 0.333. The lowest BCUT2D eigenvalue weighted by molar-refractivity contribution is -0.136. The molecule has 0 spiro atoms. The molecule has 356 valence electrons. The van der Waals surface area contributed by atoms with E-state index in [0.717, 1.165) is 72.2 Å². The van der Waals surface area contributed by atoms with Crippen LogP contribution in [0, 0.1) is 0 Å². The first kappa shape index (κ1) is 46.6. The van der Waals surface area contributed by atoms with E-state index in [9.17, 15) is 32.3 Å². The Balaban J connectivity index is 0.667. The van der Waals surface area contributed by atoms with Crippen molar-refractivity contribution >= 4 is 45.2 Å². The standard InChI is InChI=1S/C51H52F3N11O4/c1-2-34-28-45-46(59-48(34)67)27-33(29-57-45)31-62-23-25-63(26-24-62)39-13-14-44(58-30-39)49(68)56-19-22-65-32-38(60-61-65)15-18-55-47(66)37-11-9-35(10-12-37)36-16-20-64(21-17-36)50(69)42-7-3-6-41-40(42)5-4-8-43(41)51(52,53)54/h3-14,27-30,32,36H,2,15-26,31H2,1H3,(H,55,66)(H,56,68)(H,59,67). The van der Waals surface area contributed by atoms with Crippen LogP contribution in [0.2, 0.25) is 0 Å². The van der Waals surface area contributed by atoms with E-state index in [-0.39, 0.29) is 45.5 Å². The molecule has 18 heteroatoms. The molecule has 15 nitrogen and oxygen atoms in total. The van der Waals surface area contributed by atoms with E-state index < -0.39 is 11.7 Å². The molecular weight excluding hydrogens is 888 g/mol. The van der Waals surface area contributed by atoms with E-state index in [1.165, 1.54) is 18.2 Å². The van der Waals surface area contributed by atoms with Crippen molar-refractivity contribution in [3.8, 4) is 0 Å². The molecule has 9 rings (SSSR count). The lowest BCUT2D eigenvalue weighted by Gasteiger charge is -2.36. The number of piperidine rings is 1. The highest BCUT2D eigenvalue weighted by Gasteiger charge is 2.33. The van der Waals surface area contributed by atoms with Gasteiger partial charge in [-0.2, -0.15) is 13.2 Å². The average Bonchev–Trinajstić information content (AvgIpc) is 3.82. The van der Waals surface area contributed by atoms with Gasteiger partial charge in [0, 0.05) is 94.4 Å². The Morgan fingerprint density at radius 2 is 1.57 bits per heavy atom. The zero-order valence-corrected chi connectivity index (χ0v) is 38.1. The first-order chi connectivity index (χ1) is 33.4. The fourth-order valence-electron chi connectivity index (χ4n) is 9.23. The number of hydrogen-bond acceptors (Lipinski definition) is 10. The maximum Gasteiger partial charge on any atom is 0.417 e. The number of pyridine rings is 3. The number of anilines is 1. The molecule has 4 aromatic heterocycles. The second-order valence-electron chi connectivity index (χ2n) is 17.5. The summed E-state index contributed by atoms with van der Waals surface area (Å²) in [5.74, 6) is -0.617. The molecule has 0 unspecified atom stereocenters. The van der Waals surface area contributed by atoms with Gasteiger partial charge < -0.3 is 25.4 Å². The number of carbonyl (C=O) groups excluding carboxylic acids is 3. The summed E-state index contributed by atoms with van der Waals surface area (Å²) in [5, 5.41) is 14.5. The molecule has 69 heavy (non-hydrogen) atoms. The predicted octanol–water partition coefficient (Wildman–Crippen LogP) is 6.39. The molecule has 0 bridgehead atoms. The summed E-state index contributed by atoms with van der Waals surface area (Å²) in [6.07, 6.45) is 3.37. The molecule has 2 aliphatic heterocycles. The van der Waals surface area contributed by atoms with Gasteiger partial charge in [-0.25, -0.2) is 4.98 Å². The van der Waals surface area contributed by atoms with Crippen LogP contribution in [0.5, 0.6) is 0 Å². The first-order valence-electron chi connectivity index (χ1n) is 23.3. The summed E-state index contributed by atoms with van der Waals surface area (Å²) >= 11 is 0. The zero-order valence-electron chi connectivity index (χ0n) is 38.1. The monoisotopic (exact) mass is 939 g/mol. The summed E-state index contributed by atoms with van der Waals surface area (Å²) in [7, 11) is 0. The molecule has 0 aliphatic carbocycles. The number of halogens is 3. The molecule has 7 aromatic rings. The van der Waals surface area contributed by atoms with Gasteiger partial charge >= 0.3 is 6.18 Å². The molecule has 2 fully saturated rings. The van der Waals surface area contributed by atoms with Crippen molar-refractivity contribution in [3.63, 3.8) is 0 Å². The summed E-state index contributed by atoms with van der Waals surface area (Å²) in [5.41, 5.74) is 6.29. The number of likely N-dealkylation sites (tertiary alicyclic amines) is 1. The van der Waals surface area contributed by atoms with Gasteiger partial charge in [0.15, 0.2) is 0 Å². The maximum absolute atomic E-state index is 13.6. The van der Waals surface area contributed by atoms with Crippen LogP contribution >= 0.6 is 0 Å². The third-order valence-electron chi connectivity index (χ3n) is 13.1. The predicted molar refractivity (Wildman–Crippen MR) is 255 cm³/mol. The Bertz CT molecular complexity index is 3030. The molecular formula is C51H52F3N11O4. The van der Waals surface area contributed by atoms with Crippen molar-refractivity contribution in [2.45, 2.75) is 57.8 Å². The number of rotatable bonds is 14. The Kier molecular flexibility index (Phi) is 13.8. The van der Waals surface area contributed by atoms with Crippen molar-refractivity contribution in [3.05, 3.63) is 159 Å². The van der Waals surface area contributed by atoms with Crippen LogP contribution in [-0.4, -0.2) is 110 Å². The summed E-state index contributed by atoms with van der Waals surface area (Å²) in [4.78, 5) is 70.0. The minimum absolute atomic E-state index is 0.0119. The van der Waals surface area contributed by atoms with Crippen molar-refractivity contribution in [2.24, 2.45) is 0 Å². The van der Waals surface area contributed by atoms with Crippen molar-refractivity contribution in [2.75, 3.05) is 57.3 Å². The van der Waals surface area contributed by atoms with E-state index in [4.69, 9.17) is 0 Å². The number of hydrogen-bond donors (Lipinski definition) is 3. The number of benzene rings is 3. The van der Waals surface area contributed by atoms with Crippen molar-refractivity contribution in [1.82, 2.24) is 50.4 Å². The van der Waals surface area contributed by atoms with Crippen LogP contribution in [0.3, 0.4) is 0 Å². The van der Waals surface area contributed by atoms with E-state index in [1.54, 1.807) is 52.3 Å². The van der Waals surface area contributed by atoms with Gasteiger partial charge in [0.05, 0.1) is 40.7 Å². The second-order valence-corrected chi connectivity index (χ2v) is 17.5. The van der Waals surface area contributed by atoms with Crippen LogP contribution in [0.1, 0.15) is 84.8 Å². The van der Waals surface area contributed by atoms with Crippen molar-refractivity contribution in [1.29, 1.82) is 0 Å². The molecule has 0 radical (unpaired) electrons. The van der Waals surface area contributed by atoms with Gasteiger partial charge in [-0.05, 0) is 95.6 Å². The largest absolute Gasteiger partial charge is 0.417 e. The molecule has 3 aromatic carbocycles. The van der Waals surface area contributed by atoms with Gasteiger partial charge in [0.1, 0.15) is 5.69 Å². The van der Waals surface area contributed by atoms with Crippen LogP contribution in [-0.2, 0) is 32.1 Å². The Morgan fingerprint density at radius 1 is 0.812 bits per heavy atom.